The lowest BCUT2D eigenvalue weighted by Crippen LogP contribution is -1.99. The Morgan fingerprint density at radius 1 is 1.31 bits per heavy atom. The Labute approximate surface area is 93.5 Å². The maximum atomic E-state index is 10.6. The molecule has 0 amide bonds. The van der Waals surface area contributed by atoms with Gasteiger partial charge in [0.1, 0.15) is 11.4 Å². The van der Waals surface area contributed by atoms with Crippen molar-refractivity contribution in [2.75, 3.05) is 7.11 Å². The number of aldehydes is 1. The van der Waals surface area contributed by atoms with Crippen LogP contribution in [0.1, 0.15) is 16.2 Å². The average Bonchev–Trinajstić information content (AvgIpc) is 2.71. The molecule has 0 saturated carbocycles. The third kappa shape index (κ3) is 1.82. The van der Waals surface area contributed by atoms with E-state index in [1.165, 1.54) is 0 Å². The summed E-state index contributed by atoms with van der Waals surface area (Å²) in [5.74, 6) is 0.796. The molecule has 1 aromatic carbocycles. The van der Waals surface area contributed by atoms with Gasteiger partial charge in [-0.25, -0.2) is 4.68 Å². The molecular formula is C12H12N2O2. The fraction of sp³-hybridized carbons (Fsp3) is 0.167. The third-order valence-corrected chi connectivity index (χ3v) is 2.34. The summed E-state index contributed by atoms with van der Waals surface area (Å²) in [6, 6.07) is 9.26. The van der Waals surface area contributed by atoms with Crippen LogP contribution in [0, 0.1) is 6.92 Å². The largest absolute Gasteiger partial charge is 0.497 e. The molecule has 0 spiro atoms. The minimum Gasteiger partial charge on any atom is -0.497 e. The van der Waals surface area contributed by atoms with Crippen molar-refractivity contribution in [1.29, 1.82) is 0 Å². The van der Waals surface area contributed by atoms with Gasteiger partial charge in [-0.1, -0.05) is 0 Å². The monoisotopic (exact) mass is 216 g/mol. The highest BCUT2D eigenvalue weighted by Gasteiger charge is 2.05. The van der Waals surface area contributed by atoms with E-state index in [0.29, 0.717) is 5.69 Å². The van der Waals surface area contributed by atoms with Crippen molar-refractivity contribution in [3.63, 3.8) is 0 Å². The van der Waals surface area contributed by atoms with Gasteiger partial charge in [-0.2, -0.15) is 5.10 Å². The number of rotatable bonds is 3. The second-order valence-electron chi connectivity index (χ2n) is 3.44. The van der Waals surface area contributed by atoms with Crippen LogP contribution in [0.4, 0.5) is 0 Å². The summed E-state index contributed by atoms with van der Waals surface area (Å²) in [4.78, 5) is 10.6. The molecule has 4 heteroatoms. The first-order chi connectivity index (χ1) is 7.74. The Bertz CT molecular complexity index is 500. The molecule has 0 aliphatic heterocycles. The van der Waals surface area contributed by atoms with Gasteiger partial charge in [-0.05, 0) is 37.3 Å². The predicted octanol–water partition coefficient (Wildman–Crippen LogP) is 2.00. The van der Waals surface area contributed by atoms with E-state index in [1.54, 1.807) is 17.9 Å². The van der Waals surface area contributed by atoms with Crippen molar-refractivity contribution in [3.8, 4) is 11.4 Å². The first-order valence-electron chi connectivity index (χ1n) is 4.91. The summed E-state index contributed by atoms with van der Waals surface area (Å²) in [7, 11) is 1.62. The van der Waals surface area contributed by atoms with Crippen molar-refractivity contribution in [2.45, 2.75) is 6.92 Å². The molecule has 0 saturated heterocycles. The van der Waals surface area contributed by atoms with E-state index in [0.717, 1.165) is 23.4 Å². The normalized spacial score (nSPS) is 10.1. The number of methoxy groups -OCH3 is 1. The maximum absolute atomic E-state index is 10.6. The Morgan fingerprint density at radius 2 is 2.00 bits per heavy atom. The summed E-state index contributed by atoms with van der Waals surface area (Å²) in [6.45, 7) is 1.91. The van der Waals surface area contributed by atoms with Crippen LogP contribution in [0.15, 0.2) is 30.3 Å². The zero-order valence-electron chi connectivity index (χ0n) is 9.18. The van der Waals surface area contributed by atoms with Gasteiger partial charge in [-0.15, -0.1) is 0 Å². The van der Waals surface area contributed by atoms with Crippen LogP contribution in [0.25, 0.3) is 5.69 Å². The van der Waals surface area contributed by atoms with Gasteiger partial charge in [0.15, 0.2) is 6.29 Å². The number of benzene rings is 1. The standard InChI is InChI=1S/C12H12N2O2/c1-9-7-10(8-15)13-14(9)11-3-5-12(16-2)6-4-11/h3-8H,1-2H3. The van der Waals surface area contributed by atoms with Crippen molar-refractivity contribution < 1.29 is 9.53 Å². The molecule has 0 radical (unpaired) electrons. The summed E-state index contributed by atoms with van der Waals surface area (Å²) >= 11 is 0. The molecule has 2 aromatic rings. The number of hydrogen-bond donors (Lipinski definition) is 0. The SMILES string of the molecule is COc1ccc(-n2nc(C=O)cc2C)cc1. The van der Waals surface area contributed by atoms with E-state index in [-0.39, 0.29) is 0 Å². The van der Waals surface area contributed by atoms with E-state index in [9.17, 15) is 4.79 Å². The highest BCUT2D eigenvalue weighted by Crippen LogP contribution is 2.16. The predicted molar refractivity (Wildman–Crippen MR) is 60.2 cm³/mol. The van der Waals surface area contributed by atoms with Crippen molar-refractivity contribution in [2.24, 2.45) is 0 Å². The summed E-state index contributed by atoms with van der Waals surface area (Å²) in [5.41, 5.74) is 2.27. The van der Waals surface area contributed by atoms with Crippen LogP contribution in [0.3, 0.4) is 0 Å². The Morgan fingerprint density at radius 3 is 2.50 bits per heavy atom. The van der Waals surface area contributed by atoms with Crippen LogP contribution in [0.5, 0.6) is 5.75 Å². The van der Waals surface area contributed by atoms with Gasteiger partial charge in [0, 0.05) is 5.69 Å². The van der Waals surface area contributed by atoms with E-state index < -0.39 is 0 Å². The fourth-order valence-electron chi connectivity index (χ4n) is 1.54. The quantitative estimate of drug-likeness (QED) is 0.737. The molecule has 0 aliphatic rings. The first-order valence-corrected chi connectivity index (χ1v) is 4.91. The number of aryl methyl sites for hydroxylation is 1. The number of ether oxygens (including phenoxy) is 1. The molecule has 4 nitrogen and oxygen atoms in total. The van der Waals surface area contributed by atoms with Gasteiger partial charge in [0.25, 0.3) is 0 Å². The molecular weight excluding hydrogens is 204 g/mol. The maximum Gasteiger partial charge on any atom is 0.170 e. The molecule has 1 aromatic heterocycles. The van der Waals surface area contributed by atoms with Crippen LogP contribution >= 0.6 is 0 Å². The van der Waals surface area contributed by atoms with Gasteiger partial charge < -0.3 is 4.74 Å². The zero-order chi connectivity index (χ0) is 11.5. The van der Waals surface area contributed by atoms with Crippen molar-refractivity contribution in [1.82, 2.24) is 9.78 Å². The molecule has 0 fully saturated rings. The van der Waals surface area contributed by atoms with Crippen molar-refractivity contribution in [3.05, 3.63) is 41.7 Å². The third-order valence-electron chi connectivity index (χ3n) is 2.34. The summed E-state index contributed by atoms with van der Waals surface area (Å²) < 4.78 is 6.80. The molecule has 0 bridgehead atoms. The molecule has 0 unspecified atom stereocenters. The number of carbonyl (C=O) groups excluding carboxylic acids is 1. The number of carbonyl (C=O) groups is 1. The highest BCUT2D eigenvalue weighted by atomic mass is 16.5. The second kappa shape index (κ2) is 4.18. The lowest BCUT2D eigenvalue weighted by atomic mass is 10.3. The minimum atomic E-state index is 0.438. The highest BCUT2D eigenvalue weighted by molar-refractivity contribution is 5.72. The van der Waals surface area contributed by atoms with Gasteiger partial charge >= 0.3 is 0 Å². The van der Waals surface area contributed by atoms with Gasteiger partial charge in [-0.3, -0.25) is 4.79 Å². The zero-order valence-corrected chi connectivity index (χ0v) is 9.18. The summed E-state index contributed by atoms with van der Waals surface area (Å²) in [5, 5.41) is 4.16. The Hall–Kier alpha value is -2.10. The lowest BCUT2D eigenvalue weighted by molar-refractivity contribution is 0.111. The molecule has 2 rings (SSSR count). The second-order valence-corrected chi connectivity index (χ2v) is 3.44. The van der Waals surface area contributed by atoms with Crippen LogP contribution in [-0.2, 0) is 0 Å². The number of hydrogen-bond acceptors (Lipinski definition) is 3. The smallest absolute Gasteiger partial charge is 0.170 e. The number of aromatic nitrogens is 2. The van der Waals surface area contributed by atoms with Crippen molar-refractivity contribution >= 4 is 6.29 Å². The molecule has 82 valence electrons. The van der Waals surface area contributed by atoms with Gasteiger partial charge in [0.2, 0.25) is 0 Å². The van der Waals surface area contributed by atoms with Crippen LogP contribution in [-0.4, -0.2) is 23.2 Å². The Balaban J connectivity index is 2.41. The molecule has 0 atom stereocenters. The van der Waals surface area contributed by atoms with E-state index >= 15 is 0 Å². The van der Waals surface area contributed by atoms with Gasteiger partial charge in [0.05, 0.1) is 12.8 Å². The molecule has 1 heterocycles. The first kappa shape index (κ1) is 10.4. The fourth-order valence-corrected chi connectivity index (χ4v) is 1.54. The average molecular weight is 216 g/mol. The van der Waals surface area contributed by atoms with E-state index in [2.05, 4.69) is 5.10 Å². The summed E-state index contributed by atoms with van der Waals surface area (Å²) in [6.07, 6.45) is 0.743. The number of nitrogens with zero attached hydrogens (tertiary/aromatic N) is 2. The molecule has 16 heavy (non-hydrogen) atoms. The molecule has 0 N–H and O–H groups in total. The molecule has 0 aliphatic carbocycles. The lowest BCUT2D eigenvalue weighted by Gasteiger charge is -2.05. The topological polar surface area (TPSA) is 44.1 Å². The van der Waals surface area contributed by atoms with E-state index in [4.69, 9.17) is 4.74 Å². The Kier molecular flexibility index (Phi) is 2.72. The van der Waals surface area contributed by atoms with E-state index in [1.807, 2.05) is 31.2 Å². The van der Waals surface area contributed by atoms with Crippen LogP contribution < -0.4 is 4.74 Å². The van der Waals surface area contributed by atoms with Crippen LogP contribution in [0.2, 0.25) is 0 Å². The minimum absolute atomic E-state index is 0.438.